The van der Waals surface area contributed by atoms with Crippen LogP contribution in [0.15, 0.2) is 77.6 Å². The molecule has 0 atom stereocenters. The first kappa shape index (κ1) is 22.7. The molecule has 0 bridgehead atoms. The van der Waals surface area contributed by atoms with E-state index in [-0.39, 0.29) is 24.3 Å². The topological polar surface area (TPSA) is 69.6 Å². The van der Waals surface area contributed by atoms with Gasteiger partial charge < -0.3 is 19.4 Å². The molecule has 0 fully saturated rings. The van der Waals surface area contributed by atoms with Gasteiger partial charge in [0.2, 0.25) is 0 Å². The summed E-state index contributed by atoms with van der Waals surface area (Å²) in [6.07, 6.45) is 1.23. The molecule has 178 valence electrons. The zero-order valence-electron chi connectivity index (χ0n) is 19.8. The number of ketones is 1. The van der Waals surface area contributed by atoms with E-state index in [1.165, 1.54) is 5.56 Å². The molecule has 0 aliphatic carbocycles. The van der Waals surface area contributed by atoms with Crippen molar-refractivity contribution in [3.05, 3.63) is 99.8 Å². The standard InChI is InChI=1S/C29H28N2O4/c1-2-20-8-10-21(11-9-20)14-25(32)19-31-26-17-28-27(34-12-13-35-28)16-22(26)15-23(29(31)33)18-30-24-6-4-3-5-7-24/h3-11,15-17,30H,2,12-14,18-19H2,1H3. The van der Waals surface area contributed by atoms with E-state index >= 15 is 0 Å². The Morgan fingerprint density at radius 1 is 0.914 bits per heavy atom. The molecule has 0 unspecified atom stereocenters. The molecule has 0 saturated carbocycles. The Morgan fingerprint density at radius 3 is 2.31 bits per heavy atom. The average Bonchev–Trinajstić information content (AvgIpc) is 2.89. The fourth-order valence-corrected chi connectivity index (χ4v) is 4.36. The number of aromatic nitrogens is 1. The molecule has 6 heteroatoms. The minimum atomic E-state index is -0.188. The maximum Gasteiger partial charge on any atom is 0.256 e. The second-order valence-electron chi connectivity index (χ2n) is 8.72. The Balaban J connectivity index is 1.49. The number of pyridine rings is 1. The molecule has 0 spiro atoms. The van der Waals surface area contributed by atoms with Crippen LogP contribution in [0.4, 0.5) is 5.69 Å². The summed E-state index contributed by atoms with van der Waals surface area (Å²) in [6.45, 7) is 3.37. The molecule has 1 aromatic heterocycles. The number of fused-ring (bicyclic) bond motifs is 2. The van der Waals surface area contributed by atoms with Gasteiger partial charge in [-0.05, 0) is 41.8 Å². The number of carbonyl (C=O) groups excluding carboxylic acids is 1. The highest BCUT2D eigenvalue weighted by atomic mass is 16.6. The number of hydrogen-bond acceptors (Lipinski definition) is 5. The number of hydrogen-bond donors (Lipinski definition) is 1. The van der Waals surface area contributed by atoms with Crippen molar-refractivity contribution in [1.82, 2.24) is 4.57 Å². The maximum atomic E-state index is 13.5. The van der Waals surface area contributed by atoms with Gasteiger partial charge in [0.05, 0.1) is 12.1 Å². The lowest BCUT2D eigenvalue weighted by atomic mass is 10.0. The Labute approximate surface area is 204 Å². The summed E-state index contributed by atoms with van der Waals surface area (Å²) >= 11 is 0. The van der Waals surface area contributed by atoms with Gasteiger partial charge in [0.25, 0.3) is 5.56 Å². The van der Waals surface area contributed by atoms with Gasteiger partial charge in [-0.2, -0.15) is 0 Å². The summed E-state index contributed by atoms with van der Waals surface area (Å²) in [4.78, 5) is 26.6. The minimum Gasteiger partial charge on any atom is -0.486 e. The predicted molar refractivity (Wildman–Crippen MR) is 137 cm³/mol. The molecule has 35 heavy (non-hydrogen) atoms. The van der Waals surface area contributed by atoms with Crippen molar-refractivity contribution in [3.63, 3.8) is 0 Å². The third-order valence-electron chi connectivity index (χ3n) is 6.26. The summed E-state index contributed by atoms with van der Waals surface area (Å²) in [6, 6.07) is 23.4. The minimum absolute atomic E-state index is 0.0102. The van der Waals surface area contributed by atoms with Crippen molar-refractivity contribution in [2.75, 3.05) is 18.5 Å². The van der Waals surface area contributed by atoms with Gasteiger partial charge in [-0.15, -0.1) is 0 Å². The Kier molecular flexibility index (Phi) is 6.53. The monoisotopic (exact) mass is 468 g/mol. The van der Waals surface area contributed by atoms with E-state index in [2.05, 4.69) is 12.2 Å². The molecular formula is C29H28N2O4. The largest absolute Gasteiger partial charge is 0.486 e. The lowest BCUT2D eigenvalue weighted by Crippen LogP contribution is -2.29. The molecule has 0 amide bonds. The van der Waals surface area contributed by atoms with E-state index in [1.807, 2.05) is 72.8 Å². The fourth-order valence-electron chi connectivity index (χ4n) is 4.36. The molecule has 1 aliphatic rings. The van der Waals surface area contributed by atoms with E-state index in [4.69, 9.17) is 9.47 Å². The van der Waals surface area contributed by atoms with Gasteiger partial charge in [0.15, 0.2) is 17.3 Å². The number of ether oxygens (including phenoxy) is 2. The summed E-state index contributed by atoms with van der Waals surface area (Å²) in [5.41, 5.74) is 4.16. The number of Topliss-reactive ketones (excluding diaryl/α,β-unsaturated/α-hetero) is 1. The SMILES string of the molecule is CCc1ccc(CC(=O)Cn2c(=O)c(CNc3ccccc3)cc3cc4c(cc32)OCCO4)cc1. The van der Waals surface area contributed by atoms with Gasteiger partial charge in [-0.25, -0.2) is 0 Å². The van der Waals surface area contributed by atoms with Crippen molar-refractivity contribution in [2.24, 2.45) is 0 Å². The second-order valence-corrected chi connectivity index (χ2v) is 8.72. The molecule has 2 heterocycles. The predicted octanol–water partition coefficient (Wildman–Crippen LogP) is 4.76. The highest BCUT2D eigenvalue weighted by Gasteiger charge is 2.18. The first-order valence-electron chi connectivity index (χ1n) is 11.9. The zero-order valence-corrected chi connectivity index (χ0v) is 19.8. The van der Waals surface area contributed by atoms with Crippen LogP contribution in [-0.4, -0.2) is 23.6 Å². The van der Waals surface area contributed by atoms with Crippen LogP contribution in [0.3, 0.4) is 0 Å². The van der Waals surface area contributed by atoms with Gasteiger partial charge in [0, 0.05) is 35.7 Å². The molecule has 1 aliphatic heterocycles. The first-order valence-corrected chi connectivity index (χ1v) is 11.9. The molecule has 6 nitrogen and oxygen atoms in total. The van der Waals surface area contributed by atoms with Crippen LogP contribution < -0.4 is 20.3 Å². The van der Waals surface area contributed by atoms with Crippen LogP contribution in [0, 0.1) is 0 Å². The lowest BCUT2D eigenvalue weighted by Gasteiger charge is -2.21. The normalized spacial score (nSPS) is 12.5. The highest BCUT2D eigenvalue weighted by molar-refractivity contribution is 5.87. The zero-order chi connectivity index (χ0) is 24.2. The van der Waals surface area contributed by atoms with Crippen LogP contribution >= 0.6 is 0 Å². The van der Waals surface area contributed by atoms with Crippen molar-refractivity contribution in [1.29, 1.82) is 0 Å². The third-order valence-corrected chi connectivity index (χ3v) is 6.26. The number of carbonyl (C=O) groups is 1. The number of anilines is 1. The van der Waals surface area contributed by atoms with Crippen molar-refractivity contribution in [2.45, 2.75) is 32.9 Å². The molecule has 1 N–H and O–H groups in total. The van der Waals surface area contributed by atoms with Crippen molar-refractivity contribution < 1.29 is 14.3 Å². The van der Waals surface area contributed by atoms with Crippen LogP contribution in [0.2, 0.25) is 0 Å². The lowest BCUT2D eigenvalue weighted by molar-refractivity contribution is -0.119. The van der Waals surface area contributed by atoms with E-state index in [0.717, 1.165) is 23.1 Å². The average molecular weight is 469 g/mol. The first-order chi connectivity index (χ1) is 17.1. The smallest absolute Gasteiger partial charge is 0.256 e. The number of nitrogens with one attached hydrogen (secondary N) is 1. The second kappa shape index (κ2) is 10.1. The number of aryl methyl sites for hydroxylation is 1. The number of nitrogens with zero attached hydrogens (tertiary/aromatic N) is 1. The third kappa shape index (κ3) is 5.06. The number of para-hydroxylation sites is 1. The van der Waals surface area contributed by atoms with Crippen LogP contribution in [0.5, 0.6) is 11.5 Å². The number of rotatable bonds is 8. The van der Waals surface area contributed by atoms with E-state index in [9.17, 15) is 9.59 Å². The molecule has 4 aromatic rings. The van der Waals surface area contributed by atoms with Crippen LogP contribution in [-0.2, 0) is 30.7 Å². The Bertz CT molecular complexity index is 1410. The van der Waals surface area contributed by atoms with Gasteiger partial charge in [-0.1, -0.05) is 49.4 Å². The Hall–Kier alpha value is -4.06. The van der Waals surface area contributed by atoms with E-state index < -0.39 is 0 Å². The Morgan fingerprint density at radius 2 is 1.60 bits per heavy atom. The summed E-state index contributed by atoms with van der Waals surface area (Å²) in [5.74, 6) is 1.22. The molecular weight excluding hydrogens is 440 g/mol. The highest BCUT2D eigenvalue weighted by Crippen LogP contribution is 2.34. The quantitative estimate of drug-likeness (QED) is 0.404. The molecule has 5 rings (SSSR count). The fraction of sp³-hybridized carbons (Fsp3) is 0.241. The number of benzene rings is 3. The molecule has 0 saturated heterocycles. The summed E-state index contributed by atoms with van der Waals surface area (Å²) in [7, 11) is 0. The molecule has 0 radical (unpaired) electrons. The van der Waals surface area contributed by atoms with Gasteiger partial charge >= 0.3 is 0 Å². The summed E-state index contributed by atoms with van der Waals surface area (Å²) < 4.78 is 13.1. The van der Waals surface area contributed by atoms with Crippen molar-refractivity contribution >= 4 is 22.4 Å². The van der Waals surface area contributed by atoms with Crippen LogP contribution in [0.1, 0.15) is 23.6 Å². The van der Waals surface area contributed by atoms with E-state index in [0.29, 0.717) is 42.3 Å². The van der Waals surface area contributed by atoms with Crippen molar-refractivity contribution in [3.8, 4) is 11.5 Å². The maximum absolute atomic E-state index is 13.5. The van der Waals surface area contributed by atoms with E-state index in [1.54, 1.807) is 4.57 Å². The molecule has 3 aromatic carbocycles. The van der Waals surface area contributed by atoms with Gasteiger partial charge in [-0.3, -0.25) is 9.59 Å². The van der Waals surface area contributed by atoms with Crippen LogP contribution in [0.25, 0.3) is 10.9 Å². The van der Waals surface area contributed by atoms with Gasteiger partial charge in [0.1, 0.15) is 13.2 Å². The summed E-state index contributed by atoms with van der Waals surface area (Å²) in [5, 5.41) is 4.14.